The molecule has 0 aliphatic rings. The third-order valence-electron chi connectivity index (χ3n) is 3.74. The summed E-state index contributed by atoms with van der Waals surface area (Å²) in [7, 11) is 0. The molecule has 8 heteroatoms. The van der Waals surface area contributed by atoms with E-state index in [4.69, 9.17) is 0 Å². The third-order valence-corrected chi connectivity index (χ3v) is 4.51. The number of rotatable bonds is 4. The summed E-state index contributed by atoms with van der Waals surface area (Å²) < 4.78 is 3.69. The highest BCUT2D eigenvalue weighted by Gasteiger charge is 2.10. The van der Waals surface area contributed by atoms with E-state index in [1.165, 1.54) is 0 Å². The Hall–Kier alpha value is -3.00. The van der Waals surface area contributed by atoms with Gasteiger partial charge in [0.25, 0.3) is 0 Å². The second-order valence-electron chi connectivity index (χ2n) is 5.79. The molecule has 7 nitrogen and oxygen atoms in total. The number of pyridine rings is 1. The summed E-state index contributed by atoms with van der Waals surface area (Å²) in [5, 5.41) is 9.21. The van der Waals surface area contributed by atoms with Gasteiger partial charge in [0.2, 0.25) is 5.91 Å². The van der Waals surface area contributed by atoms with Gasteiger partial charge in [0.15, 0.2) is 10.8 Å². The largest absolute Gasteiger partial charge is 0.324 e. The first-order chi connectivity index (χ1) is 12.1. The summed E-state index contributed by atoms with van der Waals surface area (Å²) >= 11 is 1.54. The molecule has 4 aromatic heterocycles. The summed E-state index contributed by atoms with van der Waals surface area (Å²) in [4.78, 5) is 21.9. The van der Waals surface area contributed by atoms with E-state index >= 15 is 0 Å². The van der Waals surface area contributed by atoms with Crippen LogP contribution in [0.15, 0.2) is 42.2 Å². The molecule has 0 aromatic carbocycles. The summed E-state index contributed by atoms with van der Waals surface area (Å²) in [6, 6.07) is 5.65. The highest BCUT2D eigenvalue weighted by Crippen LogP contribution is 2.14. The van der Waals surface area contributed by atoms with Crippen LogP contribution in [-0.4, -0.2) is 30.1 Å². The monoisotopic (exact) mass is 352 g/mol. The van der Waals surface area contributed by atoms with Crippen LogP contribution >= 0.6 is 11.3 Å². The van der Waals surface area contributed by atoms with E-state index in [0.717, 1.165) is 27.9 Å². The molecule has 0 fully saturated rings. The molecule has 25 heavy (non-hydrogen) atoms. The molecule has 0 aliphatic heterocycles. The predicted octanol–water partition coefficient (Wildman–Crippen LogP) is 2.77. The van der Waals surface area contributed by atoms with E-state index in [9.17, 15) is 4.79 Å². The van der Waals surface area contributed by atoms with Crippen molar-refractivity contribution in [3.05, 3.63) is 59.3 Å². The SMILES string of the molecule is Cc1cc(C)n(-c2ccc(NC(=O)Cc3cn4ccsc4n3)cn2)n1. The minimum absolute atomic E-state index is 0.119. The molecule has 0 saturated heterocycles. The number of amides is 1. The van der Waals surface area contributed by atoms with Gasteiger partial charge >= 0.3 is 0 Å². The lowest BCUT2D eigenvalue weighted by atomic mass is 10.3. The fourth-order valence-electron chi connectivity index (χ4n) is 2.68. The van der Waals surface area contributed by atoms with Gasteiger partial charge < -0.3 is 5.32 Å². The maximum absolute atomic E-state index is 12.2. The highest BCUT2D eigenvalue weighted by atomic mass is 32.1. The number of fused-ring (bicyclic) bond motifs is 1. The van der Waals surface area contributed by atoms with Gasteiger partial charge in [0, 0.05) is 23.5 Å². The number of imidazole rings is 1. The van der Waals surface area contributed by atoms with E-state index in [1.54, 1.807) is 22.2 Å². The van der Waals surface area contributed by atoms with Gasteiger partial charge in [-0.05, 0) is 32.0 Å². The second-order valence-corrected chi connectivity index (χ2v) is 6.67. The van der Waals surface area contributed by atoms with Crippen molar-refractivity contribution < 1.29 is 4.79 Å². The highest BCUT2D eigenvalue weighted by molar-refractivity contribution is 7.15. The molecule has 1 amide bonds. The molecular formula is C17H16N6OS. The quantitative estimate of drug-likeness (QED) is 0.613. The maximum Gasteiger partial charge on any atom is 0.230 e. The average Bonchev–Trinajstić information content (AvgIpc) is 3.23. The van der Waals surface area contributed by atoms with Gasteiger partial charge in [-0.2, -0.15) is 5.10 Å². The standard InChI is InChI=1S/C17H16N6OS/c1-11-7-12(2)23(21-11)15-4-3-13(9-18-15)19-16(24)8-14-10-22-5-6-25-17(22)20-14/h3-7,9-10H,8H2,1-2H3,(H,19,24). The van der Waals surface area contributed by atoms with Crippen LogP contribution in [0.2, 0.25) is 0 Å². The first-order valence-corrected chi connectivity index (χ1v) is 8.67. The van der Waals surface area contributed by atoms with E-state index < -0.39 is 0 Å². The Labute approximate surface area is 148 Å². The Morgan fingerprint density at radius 1 is 1.32 bits per heavy atom. The Morgan fingerprint density at radius 2 is 2.20 bits per heavy atom. The van der Waals surface area contributed by atoms with Crippen molar-refractivity contribution in [1.29, 1.82) is 0 Å². The normalized spacial score (nSPS) is 11.1. The van der Waals surface area contributed by atoms with Crippen molar-refractivity contribution in [2.24, 2.45) is 0 Å². The first-order valence-electron chi connectivity index (χ1n) is 7.79. The van der Waals surface area contributed by atoms with E-state index in [2.05, 4.69) is 20.4 Å². The molecule has 126 valence electrons. The molecule has 0 spiro atoms. The lowest BCUT2D eigenvalue weighted by molar-refractivity contribution is -0.115. The molecule has 4 heterocycles. The number of aromatic nitrogens is 5. The number of aryl methyl sites for hydroxylation is 2. The molecule has 4 rings (SSSR count). The zero-order valence-electron chi connectivity index (χ0n) is 13.8. The zero-order chi connectivity index (χ0) is 17.4. The molecule has 0 aliphatic carbocycles. The molecule has 0 unspecified atom stereocenters. The smallest absolute Gasteiger partial charge is 0.230 e. The summed E-state index contributed by atoms with van der Waals surface area (Å²) in [6.45, 7) is 3.92. The van der Waals surface area contributed by atoms with Crippen LogP contribution in [0.4, 0.5) is 5.69 Å². The molecule has 1 N–H and O–H groups in total. The Morgan fingerprint density at radius 3 is 2.88 bits per heavy atom. The van der Waals surface area contributed by atoms with Crippen molar-refractivity contribution in [1.82, 2.24) is 24.1 Å². The van der Waals surface area contributed by atoms with Crippen LogP contribution in [0.5, 0.6) is 0 Å². The molecule has 0 saturated carbocycles. The minimum atomic E-state index is -0.119. The van der Waals surface area contributed by atoms with Gasteiger partial charge in [0.1, 0.15) is 0 Å². The van der Waals surface area contributed by atoms with Crippen molar-refractivity contribution in [2.75, 3.05) is 5.32 Å². The number of hydrogen-bond donors (Lipinski definition) is 1. The van der Waals surface area contributed by atoms with Crippen LogP contribution in [0.25, 0.3) is 10.8 Å². The van der Waals surface area contributed by atoms with Crippen molar-refractivity contribution in [3.63, 3.8) is 0 Å². The number of carbonyl (C=O) groups is 1. The second kappa shape index (κ2) is 6.14. The van der Waals surface area contributed by atoms with Crippen LogP contribution in [0.1, 0.15) is 17.1 Å². The van der Waals surface area contributed by atoms with Crippen LogP contribution in [-0.2, 0) is 11.2 Å². The predicted molar refractivity (Wildman–Crippen MR) is 96.2 cm³/mol. The molecular weight excluding hydrogens is 336 g/mol. The lowest BCUT2D eigenvalue weighted by Gasteiger charge is -2.06. The van der Waals surface area contributed by atoms with Crippen LogP contribution < -0.4 is 5.32 Å². The summed E-state index contributed by atoms with van der Waals surface area (Å²) in [6.07, 6.45) is 5.66. The van der Waals surface area contributed by atoms with E-state index in [1.807, 2.05) is 54.2 Å². The van der Waals surface area contributed by atoms with Crippen LogP contribution in [0.3, 0.4) is 0 Å². The lowest BCUT2D eigenvalue weighted by Crippen LogP contribution is -2.15. The zero-order valence-corrected chi connectivity index (χ0v) is 14.6. The number of thiazole rings is 1. The Balaban J connectivity index is 1.44. The fraction of sp³-hybridized carbons (Fsp3) is 0.176. The van der Waals surface area contributed by atoms with Gasteiger partial charge in [-0.3, -0.25) is 9.20 Å². The molecule has 0 radical (unpaired) electrons. The molecule has 0 bridgehead atoms. The van der Waals surface area contributed by atoms with Crippen molar-refractivity contribution >= 4 is 27.9 Å². The van der Waals surface area contributed by atoms with Gasteiger partial charge in [-0.1, -0.05) is 0 Å². The Bertz CT molecular complexity index is 1010. The first kappa shape index (κ1) is 15.5. The van der Waals surface area contributed by atoms with Gasteiger partial charge in [-0.25, -0.2) is 14.6 Å². The van der Waals surface area contributed by atoms with E-state index in [-0.39, 0.29) is 12.3 Å². The van der Waals surface area contributed by atoms with Gasteiger partial charge in [0.05, 0.1) is 29.7 Å². The number of anilines is 1. The van der Waals surface area contributed by atoms with E-state index in [0.29, 0.717) is 5.69 Å². The average molecular weight is 352 g/mol. The fourth-order valence-corrected chi connectivity index (χ4v) is 3.40. The number of nitrogens with zero attached hydrogens (tertiary/aromatic N) is 5. The maximum atomic E-state index is 12.2. The molecule has 4 aromatic rings. The minimum Gasteiger partial charge on any atom is -0.324 e. The topological polar surface area (TPSA) is 77.1 Å². The number of nitrogens with one attached hydrogen (secondary N) is 1. The van der Waals surface area contributed by atoms with Crippen molar-refractivity contribution in [2.45, 2.75) is 20.3 Å². The number of carbonyl (C=O) groups excluding carboxylic acids is 1. The third kappa shape index (κ3) is 3.16. The van der Waals surface area contributed by atoms with Gasteiger partial charge in [-0.15, -0.1) is 11.3 Å². The number of hydrogen-bond acceptors (Lipinski definition) is 5. The summed E-state index contributed by atoms with van der Waals surface area (Å²) in [5.74, 6) is 0.601. The summed E-state index contributed by atoms with van der Waals surface area (Å²) in [5.41, 5.74) is 3.35. The Kier molecular flexibility index (Phi) is 3.81. The van der Waals surface area contributed by atoms with Crippen LogP contribution in [0, 0.1) is 13.8 Å². The van der Waals surface area contributed by atoms with Crippen molar-refractivity contribution in [3.8, 4) is 5.82 Å². The molecule has 0 atom stereocenters.